The lowest BCUT2D eigenvalue weighted by atomic mass is 10.0. The van der Waals surface area contributed by atoms with E-state index in [0.29, 0.717) is 5.92 Å². The van der Waals surface area contributed by atoms with Crippen LogP contribution in [0.15, 0.2) is 6.07 Å². The fraction of sp³-hybridized carbons (Fsp3) is 0.667. The zero-order valence-corrected chi connectivity index (χ0v) is 10.6. The molecular formula is C12H20N4O. The third kappa shape index (κ3) is 2.66. The van der Waals surface area contributed by atoms with Crippen LogP contribution in [0.25, 0.3) is 0 Å². The van der Waals surface area contributed by atoms with Crippen molar-refractivity contribution in [2.45, 2.75) is 26.4 Å². The SMILES string of the molecule is CNc1cc(N2CCC(C(C)O)C2)nc(C)n1. The number of aryl methyl sites for hydroxylation is 1. The Kier molecular flexibility index (Phi) is 3.47. The summed E-state index contributed by atoms with van der Waals surface area (Å²) in [6.45, 7) is 5.58. The first-order valence-electron chi connectivity index (χ1n) is 6.06. The van der Waals surface area contributed by atoms with E-state index < -0.39 is 0 Å². The van der Waals surface area contributed by atoms with Gasteiger partial charge in [0.05, 0.1) is 6.10 Å². The van der Waals surface area contributed by atoms with Gasteiger partial charge in [0, 0.05) is 32.1 Å². The highest BCUT2D eigenvalue weighted by atomic mass is 16.3. The summed E-state index contributed by atoms with van der Waals surface area (Å²) >= 11 is 0. The molecule has 1 saturated heterocycles. The molecule has 2 heterocycles. The molecule has 1 aromatic rings. The zero-order chi connectivity index (χ0) is 12.4. The van der Waals surface area contributed by atoms with Gasteiger partial charge in [0.15, 0.2) is 0 Å². The third-order valence-corrected chi connectivity index (χ3v) is 3.31. The first kappa shape index (κ1) is 12.1. The lowest BCUT2D eigenvalue weighted by Gasteiger charge is -2.19. The van der Waals surface area contributed by atoms with E-state index in [4.69, 9.17) is 0 Å². The van der Waals surface area contributed by atoms with Gasteiger partial charge in [0.2, 0.25) is 0 Å². The molecule has 17 heavy (non-hydrogen) atoms. The Hall–Kier alpha value is -1.36. The molecule has 1 aliphatic heterocycles. The van der Waals surface area contributed by atoms with Crippen LogP contribution >= 0.6 is 0 Å². The molecule has 0 radical (unpaired) electrons. The van der Waals surface area contributed by atoms with E-state index in [2.05, 4.69) is 20.2 Å². The van der Waals surface area contributed by atoms with Gasteiger partial charge in [0.1, 0.15) is 17.5 Å². The molecule has 1 aliphatic rings. The fourth-order valence-electron chi connectivity index (χ4n) is 2.23. The van der Waals surface area contributed by atoms with Crippen molar-refractivity contribution in [2.75, 3.05) is 30.4 Å². The van der Waals surface area contributed by atoms with E-state index in [1.54, 1.807) is 0 Å². The number of rotatable bonds is 3. The Bertz CT molecular complexity index is 394. The average Bonchev–Trinajstić information content (AvgIpc) is 2.77. The standard InChI is InChI=1S/C12H20N4O/c1-8(17)10-4-5-16(7-10)12-6-11(13-3)14-9(2)15-12/h6,8,10,17H,4-5,7H2,1-3H3,(H,13,14,15). The normalized spacial score (nSPS) is 21.6. The van der Waals surface area contributed by atoms with Crippen molar-refractivity contribution in [3.8, 4) is 0 Å². The number of hydrogen-bond donors (Lipinski definition) is 2. The van der Waals surface area contributed by atoms with Gasteiger partial charge >= 0.3 is 0 Å². The highest BCUT2D eigenvalue weighted by Gasteiger charge is 2.27. The molecule has 94 valence electrons. The monoisotopic (exact) mass is 236 g/mol. The first-order valence-corrected chi connectivity index (χ1v) is 6.06. The molecule has 2 atom stereocenters. The maximum absolute atomic E-state index is 9.60. The minimum atomic E-state index is -0.244. The van der Waals surface area contributed by atoms with Crippen molar-refractivity contribution in [3.05, 3.63) is 11.9 Å². The molecule has 0 saturated carbocycles. The second-order valence-electron chi connectivity index (χ2n) is 4.64. The molecule has 1 aromatic heterocycles. The van der Waals surface area contributed by atoms with E-state index in [0.717, 1.165) is 37.0 Å². The Labute approximate surface area is 102 Å². The van der Waals surface area contributed by atoms with Crippen LogP contribution in [0.4, 0.5) is 11.6 Å². The minimum Gasteiger partial charge on any atom is -0.393 e. The van der Waals surface area contributed by atoms with Crippen molar-refractivity contribution < 1.29 is 5.11 Å². The molecule has 0 aromatic carbocycles. The maximum Gasteiger partial charge on any atom is 0.134 e. The number of anilines is 2. The van der Waals surface area contributed by atoms with Gasteiger partial charge in [0.25, 0.3) is 0 Å². The van der Waals surface area contributed by atoms with Gasteiger partial charge in [-0.15, -0.1) is 0 Å². The van der Waals surface area contributed by atoms with Crippen LogP contribution in [-0.2, 0) is 0 Å². The second kappa shape index (κ2) is 4.87. The van der Waals surface area contributed by atoms with E-state index in [1.807, 2.05) is 27.0 Å². The second-order valence-corrected chi connectivity index (χ2v) is 4.64. The predicted molar refractivity (Wildman–Crippen MR) is 68.3 cm³/mol. The van der Waals surface area contributed by atoms with Crippen LogP contribution < -0.4 is 10.2 Å². The molecular weight excluding hydrogens is 216 g/mol. The van der Waals surface area contributed by atoms with Gasteiger partial charge < -0.3 is 15.3 Å². The third-order valence-electron chi connectivity index (χ3n) is 3.31. The smallest absolute Gasteiger partial charge is 0.134 e. The Morgan fingerprint density at radius 2 is 2.29 bits per heavy atom. The molecule has 0 spiro atoms. The number of aliphatic hydroxyl groups excluding tert-OH is 1. The quantitative estimate of drug-likeness (QED) is 0.821. The number of nitrogens with one attached hydrogen (secondary N) is 1. The molecule has 2 N–H and O–H groups in total. The van der Waals surface area contributed by atoms with Gasteiger partial charge in [-0.2, -0.15) is 0 Å². The maximum atomic E-state index is 9.60. The van der Waals surface area contributed by atoms with E-state index >= 15 is 0 Å². The van der Waals surface area contributed by atoms with E-state index in [-0.39, 0.29) is 6.10 Å². The summed E-state index contributed by atoms with van der Waals surface area (Å²) in [5, 5.41) is 12.6. The lowest BCUT2D eigenvalue weighted by Crippen LogP contribution is -2.25. The summed E-state index contributed by atoms with van der Waals surface area (Å²) in [6, 6.07) is 1.96. The number of aromatic nitrogens is 2. The Morgan fingerprint density at radius 1 is 1.53 bits per heavy atom. The molecule has 1 fully saturated rings. The van der Waals surface area contributed by atoms with Crippen LogP contribution in [0.5, 0.6) is 0 Å². The highest BCUT2D eigenvalue weighted by molar-refractivity contribution is 5.49. The summed E-state index contributed by atoms with van der Waals surface area (Å²) in [4.78, 5) is 10.9. The lowest BCUT2D eigenvalue weighted by molar-refractivity contribution is 0.136. The highest BCUT2D eigenvalue weighted by Crippen LogP contribution is 2.25. The van der Waals surface area contributed by atoms with Crippen LogP contribution in [0.1, 0.15) is 19.2 Å². The molecule has 5 nitrogen and oxygen atoms in total. The van der Waals surface area contributed by atoms with Crippen molar-refractivity contribution in [2.24, 2.45) is 5.92 Å². The largest absolute Gasteiger partial charge is 0.393 e. The molecule has 0 bridgehead atoms. The number of nitrogens with zero attached hydrogens (tertiary/aromatic N) is 3. The van der Waals surface area contributed by atoms with Crippen molar-refractivity contribution in [3.63, 3.8) is 0 Å². The van der Waals surface area contributed by atoms with Gasteiger partial charge in [-0.1, -0.05) is 0 Å². The van der Waals surface area contributed by atoms with Crippen LogP contribution in [-0.4, -0.2) is 41.3 Å². The predicted octanol–water partition coefficient (Wildman–Crippen LogP) is 1.03. The number of aliphatic hydroxyl groups is 1. The van der Waals surface area contributed by atoms with Gasteiger partial charge in [-0.25, -0.2) is 9.97 Å². The summed E-state index contributed by atoms with van der Waals surface area (Å²) < 4.78 is 0. The first-order chi connectivity index (χ1) is 8.10. The zero-order valence-electron chi connectivity index (χ0n) is 10.6. The van der Waals surface area contributed by atoms with Gasteiger partial charge in [-0.05, 0) is 20.3 Å². The van der Waals surface area contributed by atoms with Crippen molar-refractivity contribution in [1.82, 2.24) is 9.97 Å². The Morgan fingerprint density at radius 3 is 2.88 bits per heavy atom. The topological polar surface area (TPSA) is 61.3 Å². The van der Waals surface area contributed by atoms with Crippen LogP contribution in [0.3, 0.4) is 0 Å². The number of hydrogen-bond acceptors (Lipinski definition) is 5. The van der Waals surface area contributed by atoms with E-state index in [1.165, 1.54) is 0 Å². The molecule has 0 amide bonds. The summed E-state index contributed by atoms with van der Waals surface area (Å²) in [5.41, 5.74) is 0. The average molecular weight is 236 g/mol. The van der Waals surface area contributed by atoms with Crippen molar-refractivity contribution in [1.29, 1.82) is 0 Å². The summed E-state index contributed by atoms with van der Waals surface area (Å²) in [7, 11) is 1.86. The molecule has 0 aliphatic carbocycles. The van der Waals surface area contributed by atoms with Crippen LogP contribution in [0.2, 0.25) is 0 Å². The summed E-state index contributed by atoms with van der Waals surface area (Å²) in [5.74, 6) is 2.91. The molecule has 2 rings (SSSR count). The Balaban J connectivity index is 2.15. The van der Waals surface area contributed by atoms with Gasteiger partial charge in [-0.3, -0.25) is 0 Å². The summed E-state index contributed by atoms with van der Waals surface area (Å²) in [6.07, 6.45) is 0.780. The fourth-order valence-corrected chi connectivity index (χ4v) is 2.23. The van der Waals surface area contributed by atoms with Crippen LogP contribution in [0, 0.1) is 12.8 Å². The van der Waals surface area contributed by atoms with Crippen molar-refractivity contribution >= 4 is 11.6 Å². The minimum absolute atomic E-state index is 0.244. The van der Waals surface area contributed by atoms with E-state index in [9.17, 15) is 5.11 Å². The molecule has 5 heteroatoms. The molecule has 2 unspecified atom stereocenters.